The molecular weight excluding hydrogens is 340 g/mol. The van der Waals surface area contributed by atoms with Crippen molar-refractivity contribution in [2.45, 2.75) is 31.7 Å². The summed E-state index contributed by atoms with van der Waals surface area (Å²) < 4.78 is 23.3. The van der Waals surface area contributed by atoms with E-state index in [1.807, 2.05) is 13.0 Å². The number of benzene rings is 1. The van der Waals surface area contributed by atoms with Crippen LogP contribution in [0, 0.1) is 6.92 Å². The van der Waals surface area contributed by atoms with Crippen LogP contribution in [-0.2, 0) is 21.2 Å². The van der Waals surface area contributed by atoms with Gasteiger partial charge in [-0.15, -0.1) is 0 Å². The summed E-state index contributed by atoms with van der Waals surface area (Å²) in [5.74, 6) is 0.515. The average Bonchev–Trinajstić information content (AvgIpc) is 2.52. The monoisotopic (exact) mass is 368 g/mol. The topological polar surface area (TPSA) is 90.9 Å². The molecule has 0 saturated heterocycles. The lowest BCUT2D eigenvalue weighted by molar-refractivity contribution is -0.127. The Morgan fingerprint density at radius 2 is 1.92 bits per heavy atom. The highest BCUT2D eigenvalue weighted by Gasteiger charge is 2.11. The first-order chi connectivity index (χ1) is 11.6. The summed E-state index contributed by atoms with van der Waals surface area (Å²) in [4.78, 5) is 18.0. The molecule has 0 aliphatic rings. The van der Waals surface area contributed by atoms with Crippen molar-refractivity contribution in [2.75, 3.05) is 33.4 Å². The molecule has 0 aromatic heterocycles. The third-order valence-corrected chi connectivity index (χ3v) is 4.76. The van der Waals surface area contributed by atoms with Crippen LogP contribution in [0.5, 0.6) is 0 Å². The lowest BCUT2D eigenvalue weighted by Crippen LogP contribution is -2.43. The lowest BCUT2D eigenvalue weighted by atomic mass is 10.1. The first-order valence-electron chi connectivity index (χ1n) is 8.17. The molecule has 0 aliphatic heterocycles. The summed E-state index contributed by atoms with van der Waals surface area (Å²) in [6, 6.07) is 5.19. The van der Waals surface area contributed by atoms with E-state index in [9.17, 15) is 13.2 Å². The summed E-state index contributed by atoms with van der Waals surface area (Å²) in [6.45, 7) is 5.11. The molecule has 0 radical (unpaired) electrons. The SMILES string of the molecule is CCCNC(=NCc1ccc(S(C)(=O)=O)c(C)c1)NCC(=O)N(C)C. The van der Waals surface area contributed by atoms with E-state index in [0.717, 1.165) is 18.5 Å². The number of carbonyl (C=O) groups excluding carboxylic acids is 1. The number of guanidine groups is 1. The Labute approximate surface area is 150 Å². The predicted molar refractivity (Wildman–Crippen MR) is 100 cm³/mol. The van der Waals surface area contributed by atoms with Gasteiger partial charge in [-0.25, -0.2) is 13.4 Å². The van der Waals surface area contributed by atoms with E-state index in [-0.39, 0.29) is 12.5 Å². The number of hydrogen-bond acceptors (Lipinski definition) is 4. The molecule has 0 heterocycles. The smallest absolute Gasteiger partial charge is 0.241 e. The summed E-state index contributed by atoms with van der Waals surface area (Å²) >= 11 is 0. The van der Waals surface area contributed by atoms with Crippen LogP contribution >= 0.6 is 0 Å². The number of carbonyl (C=O) groups is 1. The van der Waals surface area contributed by atoms with Gasteiger partial charge in [-0.05, 0) is 30.5 Å². The zero-order chi connectivity index (χ0) is 19.0. The number of nitrogens with one attached hydrogen (secondary N) is 2. The van der Waals surface area contributed by atoms with E-state index in [1.54, 1.807) is 33.2 Å². The second-order valence-electron chi connectivity index (χ2n) is 6.11. The fourth-order valence-corrected chi connectivity index (χ4v) is 3.09. The molecule has 2 N–H and O–H groups in total. The number of rotatable bonds is 7. The molecule has 0 unspecified atom stereocenters. The minimum absolute atomic E-state index is 0.0423. The van der Waals surface area contributed by atoms with E-state index in [2.05, 4.69) is 15.6 Å². The second-order valence-corrected chi connectivity index (χ2v) is 8.09. The number of amides is 1. The van der Waals surface area contributed by atoms with Crippen LogP contribution in [0.15, 0.2) is 28.1 Å². The summed E-state index contributed by atoms with van der Waals surface area (Å²) in [6.07, 6.45) is 2.14. The molecule has 1 aromatic rings. The number of sulfone groups is 1. The minimum atomic E-state index is -3.22. The Kier molecular flexibility index (Phi) is 7.89. The molecule has 0 aliphatic carbocycles. The number of hydrogen-bond donors (Lipinski definition) is 2. The summed E-state index contributed by atoms with van der Waals surface area (Å²) in [5, 5.41) is 6.16. The molecule has 0 spiro atoms. The standard InChI is InChI=1S/C17H28N4O3S/c1-6-9-18-17(20-12-16(22)21(3)4)19-11-14-7-8-15(13(2)10-14)25(5,23)24/h7-8,10H,6,9,11-12H2,1-5H3,(H2,18,19,20). The molecule has 25 heavy (non-hydrogen) atoms. The van der Waals surface area contributed by atoms with Gasteiger partial charge in [0.15, 0.2) is 15.8 Å². The van der Waals surface area contributed by atoms with Crippen LogP contribution in [0.3, 0.4) is 0 Å². The van der Waals surface area contributed by atoms with Crippen LogP contribution in [0.4, 0.5) is 0 Å². The van der Waals surface area contributed by atoms with Crippen molar-refractivity contribution in [3.63, 3.8) is 0 Å². The number of aryl methyl sites for hydroxylation is 1. The van der Waals surface area contributed by atoms with Crippen molar-refractivity contribution in [1.29, 1.82) is 0 Å². The van der Waals surface area contributed by atoms with Crippen LogP contribution in [0.2, 0.25) is 0 Å². The van der Waals surface area contributed by atoms with Crippen LogP contribution < -0.4 is 10.6 Å². The highest BCUT2D eigenvalue weighted by atomic mass is 32.2. The van der Waals surface area contributed by atoms with E-state index in [0.29, 0.717) is 23.0 Å². The third kappa shape index (κ3) is 7.13. The quantitative estimate of drug-likeness (QED) is 0.552. The maximum Gasteiger partial charge on any atom is 0.241 e. The second kappa shape index (κ2) is 9.41. The molecular formula is C17H28N4O3S. The zero-order valence-corrected chi connectivity index (χ0v) is 16.4. The Morgan fingerprint density at radius 1 is 1.24 bits per heavy atom. The number of nitrogens with zero attached hydrogens (tertiary/aromatic N) is 2. The van der Waals surface area contributed by atoms with Gasteiger partial charge in [0.25, 0.3) is 0 Å². The molecule has 0 fully saturated rings. The first kappa shape index (κ1) is 21.0. The Bertz CT molecular complexity index is 727. The highest BCUT2D eigenvalue weighted by molar-refractivity contribution is 7.90. The fraction of sp³-hybridized carbons (Fsp3) is 0.529. The van der Waals surface area contributed by atoms with Gasteiger partial charge in [-0.2, -0.15) is 0 Å². The van der Waals surface area contributed by atoms with Gasteiger partial charge in [0.2, 0.25) is 5.91 Å². The van der Waals surface area contributed by atoms with Gasteiger partial charge in [-0.1, -0.05) is 19.1 Å². The van der Waals surface area contributed by atoms with E-state index in [4.69, 9.17) is 0 Å². The van der Waals surface area contributed by atoms with Gasteiger partial charge in [0, 0.05) is 26.9 Å². The Morgan fingerprint density at radius 3 is 2.44 bits per heavy atom. The predicted octanol–water partition coefficient (Wildman–Crippen LogP) is 0.932. The lowest BCUT2D eigenvalue weighted by Gasteiger charge is -2.14. The minimum Gasteiger partial charge on any atom is -0.356 e. The Hall–Kier alpha value is -2.09. The molecule has 1 rings (SSSR count). The normalized spacial score (nSPS) is 12.0. The molecule has 140 valence electrons. The number of aliphatic imine (C=N–C) groups is 1. The molecule has 0 saturated carbocycles. The largest absolute Gasteiger partial charge is 0.356 e. The van der Waals surface area contributed by atoms with Gasteiger partial charge in [-0.3, -0.25) is 4.79 Å². The van der Waals surface area contributed by atoms with Crippen molar-refractivity contribution in [3.8, 4) is 0 Å². The summed E-state index contributed by atoms with van der Waals surface area (Å²) in [7, 11) is 0.179. The molecule has 7 nitrogen and oxygen atoms in total. The third-order valence-electron chi connectivity index (χ3n) is 3.51. The van der Waals surface area contributed by atoms with Gasteiger partial charge in [0.05, 0.1) is 18.0 Å². The van der Waals surface area contributed by atoms with Crippen molar-refractivity contribution in [1.82, 2.24) is 15.5 Å². The van der Waals surface area contributed by atoms with Crippen molar-refractivity contribution < 1.29 is 13.2 Å². The maximum absolute atomic E-state index is 11.7. The number of likely N-dealkylation sites (N-methyl/N-ethyl adjacent to an activating group) is 1. The molecule has 8 heteroatoms. The molecule has 0 bridgehead atoms. The van der Waals surface area contributed by atoms with Crippen LogP contribution in [0.25, 0.3) is 0 Å². The van der Waals surface area contributed by atoms with Crippen molar-refractivity contribution >= 4 is 21.7 Å². The van der Waals surface area contributed by atoms with E-state index in [1.165, 1.54) is 11.2 Å². The fourth-order valence-electron chi connectivity index (χ4n) is 2.13. The van der Waals surface area contributed by atoms with Gasteiger partial charge < -0.3 is 15.5 Å². The van der Waals surface area contributed by atoms with Gasteiger partial charge in [0.1, 0.15) is 0 Å². The first-order valence-corrected chi connectivity index (χ1v) is 10.1. The zero-order valence-electron chi connectivity index (χ0n) is 15.6. The van der Waals surface area contributed by atoms with Crippen LogP contribution in [0.1, 0.15) is 24.5 Å². The molecule has 1 aromatic carbocycles. The van der Waals surface area contributed by atoms with Crippen molar-refractivity contribution in [3.05, 3.63) is 29.3 Å². The highest BCUT2D eigenvalue weighted by Crippen LogP contribution is 2.17. The maximum atomic E-state index is 11.7. The average molecular weight is 369 g/mol. The van der Waals surface area contributed by atoms with Crippen LogP contribution in [-0.4, -0.2) is 58.6 Å². The van der Waals surface area contributed by atoms with Crippen molar-refractivity contribution in [2.24, 2.45) is 4.99 Å². The molecule has 1 amide bonds. The van der Waals surface area contributed by atoms with Gasteiger partial charge >= 0.3 is 0 Å². The molecule has 0 atom stereocenters. The summed E-state index contributed by atoms with van der Waals surface area (Å²) in [5.41, 5.74) is 1.61. The van der Waals surface area contributed by atoms with E-state index < -0.39 is 9.84 Å². The Balaban J connectivity index is 2.84. The van der Waals surface area contributed by atoms with E-state index >= 15 is 0 Å².